The molecule has 0 aliphatic carbocycles. The van der Waals surface area contributed by atoms with Crippen molar-refractivity contribution in [3.63, 3.8) is 0 Å². The van der Waals surface area contributed by atoms with Crippen molar-refractivity contribution in [2.75, 3.05) is 12.3 Å². The largest absolute Gasteiger partial charge is 0.370 e. The van der Waals surface area contributed by atoms with Gasteiger partial charge in [-0.15, -0.1) is 0 Å². The average molecular weight is 261 g/mol. The van der Waals surface area contributed by atoms with E-state index in [0.717, 1.165) is 0 Å². The predicted molar refractivity (Wildman–Crippen MR) is 67.5 cm³/mol. The maximum Gasteiger partial charge on any atom is 0.243 e. The fraction of sp³-hybridized carbons (Fsp3) is 0.700. The molecule has 0 aromatic carbocycles. The molecule has 0 spiro atoms. The predicted octanol–water partition coefficient (Wildman–Crippen LogP) is -0.807. The van der Waals surface area contributed by atoms with Crippen LogP contribution < -0.4 is 16.4 Å². The van der Waals surface area contributed by atoms with Gasteiger partial charge in [-0.1, -0.05) is 0 Å². The molecule has 0 saturated heterocycles. The molecule has 0 radical (unpaired) electrons. The van der Waals surface area contributed by atoms with Gasteiger partial charge < -0.3 is 16.4 Å². The van der Waals surface area contributed by atoms with Gasteiger partial charge >= 0.3 is 0 Å². The van der Waals surface area contributed by atoms with Crippen LogP contribution in [0.5, 0.6) is 0 Å². The van der Waals surface area contributed by atoms with Gasteiger partial charge in [0.1, 0.15) is 6.04 Å². The first kappa shape index (κ1) is 15.8. The summed E-state index contributed by atoms with van der Waals surface area (Å²) in [5, 5.41) is 5.15. The van der Waals surface area contributed by atoms with Crippen LogP contribution in [0, 0.1) is 0 Å². The Balaban J connectivity index is 3.75. The third-order valence-electron chi connectivity index (χ3n) is 2.03. The van der Waals surface area contributed by atoms with Crippen LogP contribution in [0.2, 0.25) is 0 Å². The number of nitrogens with two attached hydrogens (primary N) is 1. The molecule has 0 rings (SSSR count). The molecule has 0 aromatic heterocycles. The van der Waals surface area contributed by atoms with Gasteiger partial charge in [0.2, 0.25) is 17.7 Å². The van der Waals surface area contributed by atoms with Crippen molar-refractivity contribution >= 4 is 30.4 Å². The Morgan fingerprint density at radius 2 is 1.94 bits per heavy atom. The first-order valence-electron chi connectivity index (χ1n) is 5.41. The van der Waals surface area contributed by atoms with Crippen molar-refractivity contribution in [1.82, 2.24) is 10.6 Å². The second kappa shape index (κ2) is 8.86. The molecule has 98 valence electrons. The molecule has 3 amide bonds. The molecule has 0 aliphatic heterocycles. The van der Waals surface area contributed by atoms with Crippen molar-refractivity contribution in [3.05, 3.63) is 0 Å². The second-order valence-corrected chi connectivity index (χ2v) is 4.02. The van der Waals surface area contributed by atoms with Gasteiger partial charge in [-0.3, -0.25) is 14.4 Å². The van der Waals surface area contributed by atoms with Gasteiger partial charge in [0.05, 0.1) is 0 Å². The lowest BCUT2D eigenvalue weighted by molar-refractivity contribution is -0.127. The molecular formula is C10H19N3O3S. The summed E-state index contributed by atoms with van der Waals surface area (Å²) in [6.07, 6.45) is 1.63. The lowest BCUT2D eigenvalue weighted by Gasteiger charge is -2.15. The molecule has 17 heavy (non-hydrogen) atoms. The van der Waals surface area contributed by atoms with Crippen molar-refractivity contribution in [1.29, 1.82) is 0 Å². The van der Waals surface area contributed by atoms with Crippen LogP contribution in [0.1, 0.15) is 26.2 Å². The normalized spacial score (nSPS) is 11.6. The van der Waals surface area contributed by atoms with Crippen molar-refractivity contribution in [2.24, 2.45) is 5.73 Å². The summed E-state index contributed by atoms with van der Waals surface area (Å²) in [5.41, 5.74) is 4.98. The average Bonchev–Trinajstić information content (AvgIpc) is 2.24. The van der Waals surface area contributed by atoms with E-state index in [9.17, 15) is 14.4 Å². The first-order chi connectivity index (χ1) is 7.97. The van der Waals surface area contributed by atoms with Gasteiger partial charge in [-0.05, 0) is 12.8 Å². The van der Waals surface area contributed by atoms with Crippen molar-refractivity contribution < 1.29 is 14.4 Å². The van der Waals surface area contributed by atoms with Crippen molar-refractivity contribution in [3.8, 4) is 0 Å². The van der Waals surface area contributed by atoms with Crippen molar-refractivity contribution in [2.45, 2.75) is 32.2 Å². The SMILES string of the molecule is CC(=O)NC(CS)C(=O)NCCCCC(N)=O. The fourth-order valence-electron chi connectivity index (χ4n) is 1.20. The topological polar surface area (TPSA) is 101 Å². The molecule has 6 nitrogen and oxygen atoms in total. The monoisotopic (exact) mass is 261 g/mol. The maximum atomic E-state index is 11.5. The summed E-state index contributed by atoms with van der Waals surface area (Å²) in [6, 6.07) is -0.619. The molecule has 1 atom stereocenters. The zero-order valence-electron chi connectivity index (χ0n) is 9.86. The van der Waals surface area contributed by atoms with Crippen LogP contribution in [0.25, 0.3) is 0 Å². The van der Waals surface area contributed by atoms with E-state index in [-0.39, 0.29) is 23.5 Å². The molecule has 0 fully saturated rings. The quantitative estimate of drug-likeness (QED) is 0.339. The van der Waals surface area contributed by atoms with Crippen LogP contribution >= 0.6 is 12.6 Å². The van der Waals surface area contributed by atoms with E-state index >= 15 is 0 Å². The Labute approximate surface area is 106 Å². The fourth-order valence-corrected chi connectivity index (χ4v) is 1.46. The van der Waals surface area contributed by atoms with Gasteiger partial charge in [-0.2, -0.15) is 12.6 Å². The molecule has 0 aliphatic rings. The maximum absolute atomic E-state index is 11.5. The standard InChI is InChI=1S/C10H19N3O3S/c1-7(14)13-8(6-17)10(16)12-5-3-2-4-9(11)15/h8,17H,2-6H2,1H3,(H2,11,15)(H,12,16)(H,13,14). The van der Waals surface area contributed by atoms with Crippen LogP contribution in [0.3, 0.4) is 0 Å². The molecule has 0 bridgehead atoms. The Morgan fingerprint density at radius 1 is 1.29 bits per heavy atom. The van der Waals surface area contributed by atoms with Crippen LogP contribution in [-0.4, -0.2) is 36.1 Å². The summed E-state index contributed by atoms with van der Waals surface area (Å²) in [6.45, 7) is 1.80. The first-order valence-corrected chi connectivity index (χ1v) is 6.04. The van der Waals surface area contributed by atoms with Gasteiger partial charge in [0.25, 0.3) is 0 Å². The molecular weight excluding hydrogens is 242 g/mol. The van der Waals surface area contributed by atoms with E-state index in [4.69, 9.17) is 5.73 Å². The zero-order valence-corrected chi connectivity index (χ0v) is 10.8. The Bertz CT molecular complexity index is 284. The highest BCUT2D eigenvalue weighted by molar-refractivity contribution is 7.80. The number of rotatable bonds is 8. The minimum Gasteiger partial charge on any atom is -0.370 e. The highest BCUT2D eigenvalue weighted by atomic mass is 32.1. The molecule has 4 N–H and O–H groups in total. The second-order valence-electron chi connectivity index (χ2n) is 3.65. The molecule has 0 saturated carbocycles. The molecule has 1 unspecified atom stereocenters. The number of thiol groups is 1. The number of amides is 3. The third-order valence-corrected chi connectivity index (χ3v) is 2.39. The molecule has 0 heterocycles. The Morgan fingerprint density at radius 3 is 2.41 bits per heavy atom. The van der Waals surface area contributed by atoms with E-state index < -0.39 is 6.04 Å². The molecule has 7 heteroatoms. The number of primary amides is 1. The number of carbonyl (C=O) groups excluding carboxylic acids is 3. The zero-order chi connectivity index (χ0) is 13.3. The summed E-state index contributed by atoms with van der Waals surface area (Å²) in [4.78, 5) is 32.8. The number of unbranched alkanes of at least 4 members (excludes halogenated alkanes) is 1. The summed E-state index contributed by atoms with van der Waals surface area (Å²) >= 11 is 3.98. The van der Waals surface area contributed by atoms with E-state index in [1.807, 2.05) is 0 Å². The number of nitrogens with one attached hydrogen (secondary N) is 2. The van der Waals surface area contributed by atoms with Crippen LogP contribution in [0.4, 0.5) is 0 Å². The van der Waals surface area contributed by atoms with E-state index in [1.54, 1.807) is 0 Å². The number of hydrogen-bond donors (Lipinski definition) is 4. The van der Waals surface area contributed by atoms with Gasteiger partial charge in [-0.25, -0.2) is 0 Å². The lowest BCUT2D eigenvalue weighted by Crippen LogP contribution is -2.47. The Kier molecular flexibility index (Phi) is 8.21. The van der Waals surface area contributed by atoms with Gasteiger partial charge in [0, 0.05) is 25.6 Å². The van der Waals surface area contributed by atoms with Gasteiger partial charge in [0.15, 0.2) is 0 Å². The lowest BCUT2D eigenvalue weighted by atomic mass is 10.2. The number of hydrogen-bond acceptors (Lipinski definition) is 4. The van der Waals surface area contributed by atoms with Crippen LogP contribution in [0.15, 0.2) is 0 Å². The third kappa shape index (κ3) is 8.56. The Hall–Kier alpha value is -1.24. The van der Waals surface area contributed by atoms with Crippen LogP contribution in [-0.2, 0) is 14.4 Å². The highest BCUT2D eigenvalue weighted by Crippen LogP contribution is 1.94. The van der Waals surface area contributed by atoms with E-state index in [0.29, 0.717) is 25.8 Å². The minimum atomic E-state index is -0.619. The van der Waals surface area contributed by atoms with E-state index in [2.05, 4.69) is 23.3 Å². The number of carbonyl (C=O) groups is 3. The summed E-state index contributed by atoms with van der Waals surface area (Å²) in [7, 11) is 0. The summed E-state index contributed by atoms with van der Waals surface area (Å²) < 4.78 is 0. The minimum absolute atomic E-state index is 0.243. The van der Waals surface area contributed by atoms with E-state index in [1.165, 1.54) is 6.92 Å². The smallest absolute Gasteiger partial charge is 0.243 e. The summed E-state index contributed by atoms with van der Waals surface area (Å²) in [5.74, 6) is -0.641. The highest BCUT2D eigenvalue weighted by Gasteiger charge is 2.16. The molecule has 0 aromatic rings.